The smallest absolute Gasteiger partial charge is 0.411 e. The fourth-order valence-electron chi connectivity index (χ4n) is 1.74. The summed E-state index contributed by atoms with van der Waals surface area (Å²) in [4.78, 5) is 4.05. The molecule has 1 unspecified atom stereocenters. The molecule has 0 spiro atoms. The van der Waals surface area contributed by atoms with Gasteiger partial charge in [-0.3, -0.25) is 4.98 Å². The number of hydrogen-bond donors (Lipinski definition) is 1. The topological polar surface area (TPSA) is 43.4 Å². The van der Waals surface area contributed by atoms with Crippen LogP contribution in [0.1, 0.15) is 31.9 Å². The SMILES string of the molecule is CCCOc1cncc(C(COCC(F)(F)F)NCC)c1. The summed E-state index contributed by atoms with van der Waals surface area (Å²) in [6, 6.07) is 1.42. The number of nitrogens with one attached hydrogen (secondary N) is 1. The lowest BCUT2D eigenvalue weighted by atomic mass is 10.1. The van der Waals surface area contributed by atoms with Crippen LogP contribution < -0.4 is 10.1 Å². The van der Waals surface area contributed by atoms with Gasteiger partial charge in [0.05, 0.1) is 25.5 Å². The van der Waals surface area contributed by atoms with E-state index in [4.69, 9.17) is 9.47 Å². The van der Waals surface area contributed by atoms with E-state index in [1.165, 1.54) is 0 Å². The van der Waals surface area contributed by atoms with Gasteiger partial charge in [-0.1, -0.05) is 13.8 Å². The fraction of sp³-hybridized carbons (Fsp3) is 0.643. The van der Waals surface area contributed by atoms with Crippen molar-refractivity contribution >= 4 is 0 Å². The van der Waals surface area contributed by atoms with E-state index in [0.717, 1.165) is 12.0 Å². The van der Waals surface area contributed by atoms with Crippen molar-refractivity contribution in [3.63, 3.8) is 0 Å². The molecule has 1 heterocycles. The normalized spacial score (nSPS) is 13.2. The first kappa shape index (κ1) is 17.7. The van der Waals surface area contributed by atoms with Gasteiger partial charge >= 0.3 is 6.18 Å². The van der Waals surface area contributed by atoms with Crippen LogP contribution in [0.4, 0.5) is 13.2 Å². The molecular formula is C14H21F3N2O2. The molecule has 0 radical (unpaired) electrons. The van der Waals surface area contributed by atoms with Crippen molar-refractivity contribution in [3.05, 3.63) is 24.0 Å². The van der Waals surface area contributed by atoms with Crippen LogP contribution in [0, 0.1) is 0 Å². The Balaban J connectivity index is 2.66. The van der Waals surface area contributed by atoms with Gasteiger partial charge in [-0.15, -0.1) is 0 Å². The molecule has 0 aliphatic heterocycles. The van der Waals surface area contributed by atoms with Crippen molar-refractivity contribution in [1.29, 1.82) is 0 Å². The van der Waals surface area contributed by atoms with Crippen molar-refractivity contribution in [2.24, 2.45) is 0 Å². The summed E-state index contributed by atoms with van der Waals surface area (Å²) in [5.41, 5.74) is 0.743. The Labute approximate surface area is 122 Å². The first-order valence-corrected chi connectivity index (χ1v) is 6.92. The lowest BCUT2D eigenvalue weighted by molar-refractivity contribution is -0.175. The number of hydrogen-bond acceptors (Lipinski definition) is 4. The molecule has 0 aliphatic carbocycles. The zero-order chi connectivity index (χ0) is 15.7. The van der Waals surface area contributed by atoms with E-state index in [-0.39, 0.29) is 12.6 Å². The zero-order valence-corrected chi connectivity index (χ0v) is 12.2. The molecule has 7 heteroatoms. The highest BCUT2D eigenvalue weighted by molar-refractivity contribution is 5.26. The Morgan fingerprint density at radius 1 is 1.29 bits per heavy atom. The summed E-state index contributed by atoms with van der Waals surface area (Å²) < 4.78 is 46.6. The Bertz CT molecular complexity index is 413. The van der Waals surface area contributed by atoms with Gasteiger partial charge in [0.2, 0.25) is 0 Å². The van der Waals surface area contributed by atoms with Crippen LogP contribution in [0.25, 0.3) is 0 Å². The number of aromatic nitrogens is 1. The highest BCUT2D eigenvalue weighted by Gasteiger charge is 2.28. The van der Waals surface area contributed by atoms with Crippen LogP contribution >= 0.6 is 0 Å². The summed E-state index contributed by atoms with van der Waals surface area (Å²) in [6.45, 7) is 3.72. The molecular weight excluding hydrogens is 285 g/mol. The van der Waals surface area contributed by atoms with Crippen LogP contribution in [-0.4, -0.2) is 37.5 Å². The number of halogens is 3. The summed E-state index contributed by atoms with van der Waals surface area (Å²) in [5.74, 6) is 0.605. The van der Waals surface area contributed by atoms with E-state index in [0.29, 0.717) is 18.9 Å². The third kappa shape index (κ3) is 7.29. The van der Waals surface area contributed by atoms with Gasteiger partial charge in [0.15, 0.2) is 0 Å². The zero-order valence-electron chi connectivity index (χ0n) is 12.2. The minimum absolute atomic E-state index is 0.0771. The number of rotatable bonds is 9. The monoisotopic (exact) mass is 306 g/mol. The first-order valence-electron chi connectivity index (χ1n) is 6.92. The number of pyridine rings is 1. The largest absolute Gasteiger partial charge is 0.492 e. The number of alkyl halides is 3. The molecule has 0 amide bonds. The minimum Gasteiger partial charge on any atom is -0.492 e. The molecule has 1 rings (SSSR count). The molecule has 0 saturated carbocycles. The van der Waals surface area contributed by atoms with Crippen molar-refractivity contribution in [3.8, 4) is 5.75 Å². The fourth-order valence-corrected chi connectivity index (χ4v) is 1.74. The van der Waals surface area contributed by atoms with Gasteiger partial charge in [-0.05, 0) is 24.6 Å². The van der Waals surface area contributed by atoms with Gasteiger partial charge in [0, 0.05) is 6.20 Å². The van der Waals surface area contributed by atoms with Crippen LogP contribution in [0.5, 0.6) is 5.75 Å². The van der Waals surface area contributed by atoms with Gasteiger partial charge in [0.1, 0.15) is 12.4 Å². The Morgan fingerprint density at radius 2 is 2.05 bits per heavy atom. The van der Waals surface area contributed by atoms with Crippen LogP contribution in [-0.2, 0) is 4.74 Å². The number of likely N-dealkylation sites (N-methyl/N-ethyl adjacent to an activating group) is 1. The minimum atomic E-state index is -4.32. The maximum atomic E-state index is 12.1. The number of nitrogens with zero attached hydrogens (tertiary/aromatic N) is 1. The van der Waals surface area contributed by atoms with E-state index in [9.17, 15) is 13.2 Å². The standard InChI is InChI=1S/C14H21F3N2O2/c1-3-5-21-12-6-11(7-18-8-12)13(19-4-2)9-20-10-14(15,16)17/h6-8,13,19H,3-5,9-10H2,1-2H3. The average molecular weight is 306 g/mol. The average Bonchev–Trinajstić information content (AvgIpc) is 2.43. The molecule has 1 N–H and O–H groups in total. The molecule has 0 aliphatic rings. The van der Waals surface area contributed by atoms with Crippen LogP contribution in [0.2, 0.25) is 0 Å². The van der Waals surface area contributed by atoms with Crippen molar-refractivity contribution in [1.82, 2.24) is 10.3 Å². The Kier molecular flexibility index (Phi) is 7.45. The van der Waals surface area contributed by atoms with Crippen LogP contribution in [0.15, 0.2) is 18.5 Å². The molecule has 0 saturated heterocycles. The molecule has 1 atom stereocenters. The van der Waals surface area contributed by atoms with Gasteiger partial charge in [-0.25, -0.2) is 0 Å². The quantitative estimate of drug-likeness (QED) is 0.761. The van der Waals surface area contributed by atoms with Crippen molar-refractivity contribution in [2.75, 3.05) is 26.4 Å². The predicted molar refractivity (Wildman–Crippen MR) is 73.3 cm³/mol. The Morgan fingerprint density at radius 3 is 2.67 bits per heavy atom. The van der Waals surface area contributed by atoms with E-state index < -0.39 is 12.8 Å². The molecule has 0 fully saturated rings. The lowest BCUT2D eigenvalue weighted by Crippen LogP contribution is -2.28. The summed E-state index contributed by atoms with van der Waals surface area (Å²) in [7, 11) is 0. The first-order chi connectivity index (χ1) is 9.96. The molecule has 1 aromatic rings. The highest BCUT2D eigenvalue weighted by atomic mass is 19.4. The summed E-state index contributed by atoms with van der Waals surface area (Å²) in [6.07, 6.45) is -0.265. The van der Waals surface area contributed by atoms with Crippen molar-refractivity contribution in [2.45, 2.75) is 32.5 Å². The lowest BCUT2D eigenvalue weighted by Gasteiger charge is -2.19. The molecule has 0 bridgehead atoms. The number of ether oxygens (including phenoxy) is 2. The van der Waals surface area contributed by atoms with Crippen molar-refractivity contribution < 1.29 is 22.6 Å². The van der Waals surface area contributed by atoms with E-state index in [2.05, 4.69) is 10.3 Å². The van der Waals surface area contributed by atoms with E-state index in [1.807, 2.05) is 13.8 Å². The van der Waals surface area contributed by atoms with E-state index in [1.54, 1.807) is 18.5 Å². The molecule has 21 heavy (non-hydrogen) atoms. The maximum absolute atomic E-state index is 12.1. The predicted octanol–water partition coefficient (Wildman–Crippen LogP) is 3.10. The van der Waals surface area contributed by atoms with Gasteiger partial charge in [-0.2, -0.15) is 13.2 Å². The Hall–Kier alpha value is -1.34. The van der Waals surface area contributed by atoms with Crippen LogP contribution in [0.3, 0.4) is 0 Å². The second-order valence-corrected chi connectivity index (χ2v) is 4.54. The third-order valence-corrected chi connectivity index (χ3v) is 2.61. The van der Waals surface area contributed by atoms with E-state index >= 15 is 0 Å². The third-order valence-electron chi connectivity index (χ3n) is 2.61. The molecule has 0 aromatic carbocycles. The molecule has 120 valence electrons. The summed E-state index contributed by atoms with van der Waals surface area (Å²) >= 11 is 0. The second-order valence-electron chi connectivity index (χ2n) is 4.54. The van der Waals surface area contributed by atoms with Gasteiger partial charge in [0.25, 0.3) is 0 Å². The maximum Gasteiger partial charge on any atom is 0.411 e. The van der Waals surface area contributed by atoms with Gasteiger partial charge < -0.3 is 14.8 Å². The summed E-state index contributed by atoms with van der Waals surface area (Å²) in [5, 5.41) is 3.08. The second kappa shape index (κ2) is 8.84. The molecule has 1 aromatic heterocycles. The highest BCUT2D eigenvalue weighted by Crippen LogP contribution is 2.20. The molecule has 4 nitrogen and oxygen atoms in total.